The Balaban J connectivity index is 1.80. The fraction of sp³-hybridized carbons (Fsp3) is 0.462. The third-order valence-corrected chi connectivity index (χ3v) is 3.85. The molecule has 1 saturated carbocycles. The minimum absolute atomic E-state index is 0.0553. The van der Waals surface area contributed by atoms with Crippen LogP contribution in [-0.4, -0.2) is 18.5 Å². The lowest BCUT2D eigenvalue weighted by Crippen LogP contribution is -2.34. The number of rotatable bonds is 4. The molecule has 0 spiro atoms. The second-order valence-corrected chi connectivity index (χ2v) is 5.35. The summed E-state index contributed by atoms with van der Waals surface area (Å²) in [5.41, 5.74) is 0.669. The molecule has 98 valence electrons. The Labute approximate surface area is 117 Å². The van der Waals surface area contributed by atoms with Crippen LogP contribution in [0.2, 0.25) is 10.0 Å². The lowest BCUT2D eigenvalue weighted by atomic mass is 10.2. The second kappa shape index (κ2) is 6.41. The third-order valence-electron chi connectivity index (χ3n) is 3.11. The Kier molecular flexibility index (Phi) is 4.87. The van der Waals surface area contributed by atoms with Gasteiger partial charge in [-0.05, 0) is 31.0 Å². The first-order valence-corrected chi connectivity index (χ1v) is 6.89. The molecule has 0 unspecified atom stereocenters. The van der Waals surface area contributed by atoms with Crippen LogP contribution in [0.3, 0.4) is 0 Å². The number of anilines is 1. The van der Waals surface area contributed by atoms with E-state index in [4.69, 9.17) is 23.2 Å². The van der Waals surface area contributed by atoms with E-state index in [0.717, 1.165) is 0 Å². The van der Waals surface area contributed by atoms with E-state index < -0.39 is 0 Å². The fourth-order valence-corrected chi connectivity index (χ4v) is 2.44. The van der Waals surface area contributed by atoms with Crippen molar-refractivity contribution in [2.75, 3.05) is 11.9 Å². The zero-order valence-electron chi connectivity index (χ0n) is 10.0. The molecule has 1 aromatic carbocycles. The molecule has 18 heavy (non-hydrogen) atoms. The number of hydrogen-bond donors (Lipinski definition) is 2. The summed E-state index contributed by atoms with van der Waals surface area (Å²) < 4.78 is 0. The SMILES string of the molecule is O=C(CNC1CCCC1)Nc1ccc(Cl)c(Cl)c1. The van der Waals surface area contributed by atoms with Crippen molar-refractivity contribution < 1.29 is 4.79 Å². The Morgan fingerprint density at radius 3 is 2.61 bits per heavy atom. The Bertz CT molecular complexity index is 431. The normalized spacial score (nSPS) is 15.9. The molecule has 2 N–H and O–H groups in total. The van der Waals surface area contributed by atoms with Crippen LogP contribution < -0.4 is 10.6 Å². The van der Waals surface area contributed by atoms with Gasteiger partial charge in [-0.15, -0.1) is 0 Å². The van der Waals surface area contributed by atoms with Gasteiger partial charge in [-0.2, -0.15) is 0 Å². The van der Waals surface area contributed by atoms with E-state index in [1.165, 1.54) is 25.7 Å². The highest BCUT2D eigenvalue weighted by atomic mass is 35.5. The van der Waals surface area contributed by atoms with Gasteiger partial charge in [0.2, 0.25) is 5.91 Å². The molecule has 0 aliphatic heterocycles. The number of carbonyl (C=O) groups is 1. The molecule has 0 saturated heterocycles. The largest absolute Gasteiger partial charge is 0.325 e. The highest BCUT2D eigenvalue weighted by Crippen LogP contribution is 2.24. The third kappa shape index (κ3) is 3.87. The van der Waals surface area contributed by atoms with Gasteiger partial charge >= 0.3 is 0 Å². The summed E-state index contributed by atoms with van der Waals surface area (Å²) in [6.45, 7) is 0.338. The van der Waals surface area contributed by atoms with Gasteiger partial charge in [-0.3, -0.25) is 4.79 Å². The van der Waals surface area contributed by atoms with Crippen molar-refractivity contribution in [3.63, 3.8) is 0 Å². The summed E-state index contributed by atoms with van der Waals surface area (Å²) in [5.74, 6) is -0.0553. The van der Waals surface area contributed by atoms with Gasteiger partial charge in [-0.25, -0.2) is 0 Å². The molecule has 0 radical (unpaired) electrons. The predicted molar refractivity (Wildman–Crippen MR) is 75.4 cm³/mol. The quantitative estimate of drug-likeness (QED) is 0.890. The highest BCUT2D eigenvalue weighted by Gasteiger charge is 2.15. The Hall–Kier alpha value is -0.770. The van der Waals surface area contributed by atoms with Crippen LogP contribution in [-0.2, 0) is 4.79 Å². The van der Waals surface area contributed by atoms with Gasteiger partial charge in [0.1, 0.15) is 0 Å². The van der Waals surface area contributed by atoms with E-state index in [-0.39, 0.29) is 5.91 Å². The zero-order chi connectivity index (χ0) is 13.0. The maximum atomic E-state index is 11.7. The number of amides is 1. The first kappa shape index (κ1) is 13.7. The smallest absolute Gasteiger partial charge is 0.238 e. The molecule has 1 fully saturated rings. The van der Waals surface area contributed by atoms with Gasteiger partial charge in [0.15, 0.2) is 0 Å². The number of halogens is 2. The molecule has 1 amide bonds. The van der Waals surface area contributed by atoms with Crippen molar-refractivity contribution in [3.8, 4) is 0 Å². The van der Waals surface area contributed by atoms with E-state index in [2.05, 4.69) is 10.6 Å². The predicted octanol–water partition coefficient (Wildman–Crippen LogP) is 3.46. The molecule has 1 aromatic rings. The van der Waals surface area contributed by atoms with Crippen LogP contribution in [0.25, 0.3) is 0 Å². The Morgan fingerprint density at radius 1 is 1.22 bits per heavy atom. The van der Waals surface area contributed by atoms with Crippen LogP contribution in [0.15, 0.2) is 18.2 Å². The number of benzene rings is 1. The van der Waals surface area contributed by atoms with Gasteiger partial charge in [-0.1, -0.05) is 36.0 Å². The monoisotopic (exact) mass is 286 g/mol. The fourth-order valence-electron chi connectivity index (χ4n) is 2.15. The minimum atomic E-state index is -0.0553. The van der Waals surface area contributed by atoms with Gasteiger partial charge < -0.3 is 10.6 Å². The van der Waals surface area contributed by atoms with Crippen LogP contribution >= 0.6 is 23.2 Å². The Morgan fingerprint density at radius 2 is 1.94 bits per heavy atom. The maximum Gasteiger partial charge on any atom is 0.238 e. The molecule has 2 rings (SSSR count). The van der Waals surface area contributed by atoms with Crippen LogP contribution in [0.4, 0.5) is 5.69 Å². The van der Waals surface area contributed by atoms with Crippen molar-refractivity contribution in [1.82, 2.24) is 5.32 Å². The van der Waals surface area contributed by atoms with Crippen molar-refractivity contribution in [2.24, 2.45) is 0 Å². The van der Waals surface area contributed by atoms with E-state index in [0.29, 0.717) is 28.3 Å². The molecule has 0 bridgehead atoms. The van der Waals surface area contributed by atoms with Gasteiger partial charge in [0.25, 0.3) is 0 Å². The van der Waals surface area contributed by atoms with Crippen molar-refractivity contribution in [1.29, 1.82) is 0 Å². The van der Waals surface area contributed by atoms with Gasteiger partial charge in [0.05, 0.1) is 16.6 Å². The number of carbonyl (C=O) groups excluding carboxylic acids is 1. The average molecular weight is 287 g/mol. The average Bonchev–Trinajstić information content (AvgIpc) is 2.84. The van der Waals surface area contributed by atoms with E-state index in [9.17, 15) is 4.79 Å². The van der Waals surface area contributed by atoms with E-state index in [1.54, 1.807) is 18.2 Å². The summed E-state index contributed by atoms with van der Waals surface area (Å²) in [6.07, 6.45) is 4.85. The molecule has 0 heterocycles. The molecular formula is C13H16Cl2N2O. The summed E-state index contributed by atoms with van der Waals surface area (Å²) >= 11 is 11.7. The number of hydrogen-bond acceptors (Lipinski definition) is 2. The van der Waals surface area contributed by atoms with Crippen molar-refractivity contribution >= 4 is 34.8 Å². The molecule has 0 atom stereocenters. The summed E-state index contributed by atoms with van der Waals surface area (Å²) in [7, 11) is 0. The summed E-state index contributed by atoms with van der Waals surface area (Å²) in [6, 6.07) is 5.55. The molecule has 5 heteroatoms. The van der Waals surface area contributed by atoms with Crippen LogP contribution in [0, 0.1) is 0 Å². The molecule has 1 aliphatic carbocycles. The molecule has 3 nitrogen and oxygen atoms in total. The maximum absolute atomic E-state index is 11.7. The first-order valence-electron chi connectivity index (χ1n) is 6.13. The van der Waals surface area contributed by atoms with E-state index in [1.807, 2.05) is 0 Å². The zero-order valence-corrected chi connectivity index (χ0v) is 11.5. The highest BCUT2D eigenvalue weighted by molar-refractivity contribution is 6.42. The number of nitrogens with one attached hydrogen (secondary N) is 2. The second-order valence-electron chi connectivity index (χ2n) is 4.54. The lowest BCUT2D eigenvalue weighted by molar-refractivity contribution is -0.115. The minimum Gasteiger partial charge on any atom is -0.325 e. The van der Waals surface area contributed by atoms with E-state index >= 15 is 0 Å². The van der Waals surface area contributed by atoms with Gasteiger partial charge in [0, 0.05) is 11.7 Å². The van der Waals surface area contributed by atoms with Crippen molar-refractivity contribution in [2.45, 2.75) is 31.7 Å². The standard InChI is InChI=1S/C13H16Cl2N2O/c14-11-6-5-10(7-12(11)15)17-13(18)8-16-9-3-1-2-4-9/h5-7,9,16H,1-4,8H2,(H,17,18). The first-order chi connectivity index (χ1) is 8.65. The summed E-state index contributed by atoms with van der Waals surface area (Å²) in [4.78, 5) is 11.7. The molecule has 1 aliphatic rings. The lowest BCUT2D eigenvalue weighted by Gasteiger charge is -2.12. The van der Waals surface area contributed by atoms with Crippen LogP contribution in [0.5, 0.6) is 0 Å². The topological polar surface area (TPSA) is 41.1 Å². The molecular weight excluding hydrogens is 271 g/mol. The van der Waals surface area contributed by atoms with Crippen molar-refractivity contribution in [3.05, 3.63) is 28.2 Å². The summed E-state index contributed by atoms with van der Waals surface area (Å²) in [5, 5.41) is 6.97. The van der Waals surface area contributed by atoms with Crippen LogP contribution in [0.1, 0.15) is 25.7 Å². The molecule has 0 aromatic heterocycles.